The third-order valence-corrected chi connectivity index (χ3v) is 8.48. The number of aryl methyl sites for hydroxylation is 1. The van der Waals surface area contributed by atoms with Crippen molar-refractivity contribution >= 4 is 29.1 Å². The molecule has 1 aliphatic heterocycles. The molecule has 4 aromatic rings. The summed E-state index contributed by atoms with van der Waals surface area (Å²) in [6.45, 7) is 2.03. The number of para-hydroxylation sites is 2. The first-order valence-corrected chi connectivity index (χ1v) is 13.1. The Kier molecular flexibility index (Phi) is 5.08. The summed E-state index contributed by atoms with van der Waals surface area (Å²) in [6, 6.07) is 31.0. The number of rotatable bonds is 4. The number of hydrogen-bond acceptors (Lipinski definition) is 3. The fourth-order valence-corrected chi connectivity index (χ4v) is 6.92. The highest BCUT2D eigenvalue weighted by Crippen LogP contribution is 2.61. The minimum Gasteiger partial charge on any atom is -0.322 e. The first-order chi connectivity index (χ1) is 18.6. The van der Waals surface area contributed by atoms with Gasteiger partial charge in [0, 0.05) is 17.5 Å². The number of nitrogens with one attached hydrogen (secondary N) is 1. The van der Waals surface area contributed by atoms with E-state index in [9.17, 15) is 14.4 Å². The molecular formula is C33H26N2O3. The summed E-state index contributed by atoms with van der Waals surface area (Å²) in [5, 5.41) is 3.00. The normalized spacial score (nSPS) is 22.6. The van der Waals surface area contributed by atoms with Crippen LogP contribution in [-0.2, 0) is 16.0 Å². The lowest BCUT2D eigenvalue weighted by Crippen LogP contribution is -2.41. The molecule has 3 amide bonds. The third-order valence-electron chi connectivity index (χ3n) is 8.48. The van der Waals surface area contributed by atoms with E-state index < -0.39 is 11.8 Å². The zero-order chi connectivity index (χ0) is 26.0. The molecule has 4 aromatic carbocycles. The summed E-state index contributed by atoms with van der Waals surface area (Å²) in [6.07, 6.45) is 0.772. The quantitative estimate of drug-likeness (QED) is 0.357. The van der Waals surface area contributed by atoms with Gasteiger partial charge >= 0.3 is 0 Å². The van der Waals surface area contributed by atoms with Crippen molar-refractivity contribution in [3.63, 3.8) is 0 Å². The maximum Gasteiger partial charge on any atom is 0.257 e. The summed E-state index contributed by atoms with van der Waals surface area (Å²) in [5.74, 6) is -2.15. The predicted octanol–water partition coefficient (Wildman–Crippen LogP) is 5.90. The number of carbonyl (C=O) groups excluding carboxylic acids is 3. The summed E-state index contributed by atoms with van der Waals surface area (Å²) in [7, 11) is 0. The highest BCUT2D eigenvalue weighted by atomic mass is 16.2. The molecule has 0 aromatic heterocycles. The molecule has 4 aliphatic rings. The number of carbonyl (C=O) groups is 3. The van der Waals surface area contributed by atoms with Crippen molar-refractivity contribution in [2.75, 3.05) is 10.2 Å². The van der Waals surface area contributed by atoms with E-state index in [1.165, 1.54) is 4.90 Å². The number of hydrogen-bond donors (Lipinski definition) is 1. The first-order valence-electron chi connectivity index (χ1n) is 13.1. The van der Waals surface area contributed by atoms with Crippen molar-refractivity contribution in [1.29, 1.82) is 0 Å². The van der Waals surface area contributed by atoms with Gasteiger partial charge in [-0.2, -0.15) is 0 Å². The predicted molar refractivity (Wildman–Crippen MR) is 146 cm³/mol. The smallest absolute Gasteiger partial charge is 0.257 e. The molecule has 1 fully saturated rings. The molecule has 0 radical (unpaired) electrons. The van der Waals surface area contributed by atoms with E-state index in [0.717, 1.165) is 39.9 Å². The van der Waals surface area contributed by atoms with Crippen molar-refractivity contribution in [2.24, 2.45) is 11.8 Å². The average molecular weight is 499 g/mol. The van der Waals surface area contributed by atoms with E-state index in [4.69, 9.17) is 0 Å². The van der Waals surface area contributed by atoms with Crippen LogP contribution in [0.4, 0.5) is 11.4 Å². The van der Waals surface area contributed by atoms with Gasteiger partial charge in [0.1, 0.15) is 0 Å². The maximum absolute atomic E-state index is 14.2. The standard InChI is InChI=1S/C33H26N2O3/c1-2-19-11-3-9-17-25(19)34-31(36)24-16-8-10-18-26(24)35-32(37)29-27-20-12-4-5-13-21(20)28(30(29)33(35)38)23-15-7-6-14-22(23)27/h3-18,27-30H,2H2,1H3,(H,34,36)/t27?,28?,29-,30-/m1/s1. The van der Waals surface area contributed by atoms with Crippen LogP contribution < -0.4 is 10.2 Å². The van der Waals surface area contributed by atoms with Crippen LogP contribution in [0.15, 0.2) is 97.1 Å². The van der Waals surface area contributed by atoms with Gasteiger partial charge in [-0.15, -0.1) is 0 Å². The monoisotopic (exact) mass is 498 g/mol. The molecule has 186 valence electrons. The maximum atomic E-state index is 14.2. The van der Waals surface area contributed by atoms with Gasteiger partial charge in [-0.1, -0.05) is 85.8 Å². The average Bonchev–Trinajstić information content (AvgIpc) is 3.23. The van der Waals surface area contributed by atoms with Crippen LogP contribution in [-0.4, -0.2) is 17.7 Å². The fraction of sp³-hybridized carbons (Fsp3) is 0.182. The van der Waals surface area contributed by atoms with Gasteiger partial charge in [0.2, 0.25) is 11.8 Å². The van der Waals surface area contributed by atoms with Gasteiger partial charge in [-0.3, -0.25) is 14.4 Å². The van der Waals surface area contributed by atoms with Crippen molar-refractivity contribution in [3.05, 3.63) is 130 Å². The zero-order valence-electron chi connectivity index (χ0n) is 20.9. The molecule has 1 N–H and O–H groups in total. The minimum absolute atomic E-state index is 0.184. The molecule has 2 bridgehead atoms. The Bertz CT molecular complexity index is 1530. The Morgan fingerprint density at radius 1 is 0.684 bits per heavy atom. The summed E-state index contributed by atoms with van der Waals surface area (Å²) in [5.41, 5.74) is 6.91. The van der Waals surface area contributed by atoms with Gasteiger partial charge in [-0.05, 0) is 52.4 Å². The second kappa shape index (κ2) is 8.52. The van der Waals surface area contributed by atoms with Crippen LogP contribution in [0, 0.1) is 11.8 Å². The SMILES string of the molecule is CCc1ccccc1NC(=O)c1ccccc1N1C(=O)[C@@H]2C3c4ccccc4C(c4ccccc43)[C@H]2C1=O. The zero-order valence-corrected chi connectivity index (χ0v) is 20.9. The molecule has 1 heterocycles. The van der Waals surface area contributed by atoms with Crippen molar-refractivity contribution in [2.45, 2.75) is 25.2 Å². The molecule has 0 unspecified atom stereocenters. The number of amides is 3. The molecule has 5 heteroatoms. The van der Waals surface area contributed by atoms with Crippen molar-refractivity contribution < 1.29 is 14.4 Å². The highest BCUT2D eigenvalue weighted by Gasteiger charge is 2.62. The lowest BCUT2D eigenvalue weighted by atomic mass is 9.55. The molecule has 2 atom stereocenters. The summed E-state index contributed by atoms with van der Waals surface area (Å²) < 4.78 is 0. The van der Waals surface area contributed by atoms with Crippen molar-refractivity contribution in [3.8, 4) is 0 Å². The van der Waals surface area contributed by atoms with Crippen LogP contribution in [0.25, 0.3) is 0 Å². The molecule has 5 nitrogen and oxygen atoms in total. The van der Waals surface area contributed by atoms with Crippen LogP contribution in [0.5, 0.6) is 0 Å². The lowest BCUT2D eigenvalue weighted by Gasteiger charge is -2.45. The number of anilines is 2. The third kappa shape index (κ3) is 3.08. The molecule has 38 heavy (non-hydrogen) atoms. The number of imide groups is 1. The summed E-state index contributed by atoms with van der Waals surface area (Å²) >= 11 is 0. The van der Waals surface area contributed by atoms with E-state index in [-0.39, 0.29) is 29.6 Å². The van der Waals surface area contributed by atoms with E-state index in [1.54, 1.807) is 24.3 Å². The Morgan fingerprint density at radius 3 is 1.71 bits per heavy atom. The molecular weight excluding hydrogens is 472 g/mol. The van der Waals surface area contributed by atoms with E-state index >= 15 is 0 Å². The Morgan fingerprint density at radius 2 is 1.16 bits per heavy atom. The van der Waals surface area contributed by atoms with Crippen molar-refractivity contribution in [1.82, 2.24) is 0 Å². The van der Waals surface area contributed by atoms with Crippen LogP contribution in [0.2, 0.25) is 0 Å². The van der Waals surface area contributed by atoms with Crippen LogP contribution in [0.1, 0.15) is 56.9 Å². The molecule has 1 saturated heterocycles. The second-order valence-electron chi connectivity index (χ2n) is 10.3. The Balaban J connectivity index is 1.31. The topological polar surface area (TPSA) is 66.5 Å². The largest absolute Gasteiger partial charge is 0.322 e. The first kappa shape index (κ1) is 22.7. The van der Waals surface area contributed by atoms with E-state index in [2.05, 4.69) is 29.6 Å². The number of benzene rings is 4. The minimum atomic E-state index is -0.491. The van der Waals surface area contributed by atoms with E-state index in [0.29, 0.717) is 11.3 Å². The fourth-order valence-electron chi connectivity index (χ4n) is 6.92. The van der Waals surface area contributed by atoms with Gasteiger partial charge in [0.05, 0.1) is 23.1 Å². The van der Waals surface area contributed by atoms with Gasteiger partial charge in [0.15, 0.2) is 0 Å². The van der Waals surface area contributed by atoms with Crippen LogP contribution >= 0.6 is 0 Å². The Labute approximate surface area is 221 Å². The number of nitrogens with zero attached hydrogens (tertiary/aromatic N) is 1. The lowest BCUT2D eigenvalue weighted by molar-refractivity contribution is -0.122. The van der Waals surface area contributed by atoms with Crippen LogP contribution in [0.3, 0.4) is 0 Å². The highest BCUT2D eigenvalue weighted by molar-refractivity contribution is 6.26. The second-order valence-corrected chi connectivity index (χ2v) is 10.3. The van der Waals surface area contributed by atoms with Gasteiger partial charge in [0.25, 0.3) is 5.91 Å². The molecule has 3 aliphatic carbocycles. The molecule has 0 saturated carbocycles. The molecule has 0 spiro atoms. The van der Waals surface area contributed by atoms with E-state index in [1.807, 2.05) is 55.5 Å². The van der Waals surface area contributed by atoms with Gasteiger partial charge < -0.3 is 5.32 Å². The van der Waals surface area contributed by atoms with Gasteiger partial charge in [-0.25, -0.2) is 4.90 Å². The Hall–Kier alpha value is -4.51. The molecule has 8 rings (SSSR count). The summed E-state index contributed by atoms with van der Waals surface area (Å²) in [4.78, 5) is 43.1.